The molecule has 1 aromatic carbocycles. The van der Waals surface area contributed by atoms with Crippen molar-refractivity contribution in [2.45, 2.75) is 44.2 Å². The van der Waals surface area contributed by atoms with Crippen LogP contribution in [0.5, 0.6) is 0 Å². The molecule has 2 aliphatic rings. The predicted molar refractivity (Wildman–Crippen MR) is 92.1 cm³/mol. The Morgan fingerprint density at radius 1 is 1.33 bits per heavy atom. The van der Waals surface area contributed by atoms with Gasteiger partial charge >= 0.3 is 0 Å². The van der Waals surface area contributed by atoms with Gasteiger partial charge in [0.25, 0.3) is 0 Å². The van der Waals surface area contributed by atoms with Crippen molar-refractivity contribution in [3.05, 3.63) is 54.0 Å². The maximum absolute atomic E-state index is 10.8. The lowest BCUT2D eigenvalue weighted by molar-refractivity contribution is 0.0746. The molecular formula is C20H21N3O. The van der Waals surface area contributed by atoms with Crippen molar-refractivity contribution in [1.82, 2.24) is 9.55 Å². The normalized spacial score (nSPS) is 23.2. The summed E-state index contributed by atoms with van der Waals surface area (Å²) in [4.78, 5) is 4.29. The molecule has 1 aliphatic carbocycles. The van der Waals surface area contributed by atoms with Gasteiger partial charge in [-0.15, -0.1) is 0 Å². The third-order valence-electron chi connectivity index (χ3n) is 5.55. The molecule has 0 spiro atoms. The van der Waals surface area contributed by atoms with Crippen LogP contribution in [0.1, 0.15) is 43.7 Å². The van der Waals surface area contributed by atoms with Crippen LogP contribution in [0.25, 0.3) is 11.3 Å². The SMILES string of the molecule is N#CC=C1CCC(C(O)CC2c3ccccc3-c3cncn32)CC1. The number of nitrogens with zero attached hydrogens (tertiary/aromatic N) is 3. The van der Waals surface area contributed by atoms with Gasteiger partial charge in [0.15, 0.2) is 0 Å². The van der Waals surface area contributed by atoms with Gasteiger partial charge in [0, 0.05) is 11.6 Å². The molecule has 2 atom stereocenters. The van der Waals surface area contributed by atoms with Gasteiger partial charge in [-0.2, -0.15) is 5.26 Å². The standard InChI is InChI=1S/C20H21N3O/c21-10-9-14-5-7-15(8-6-14)20(24)11-18-16-3-1-2-4-17(16)19-12-22-13-23(18)19/h1-4,9,12-13,15,18,20,24H,5-8,11H2. The van der Waals surface area contributed by atoms with Crippen LogP contribution < -0.4 is 0 Å². The van der Waals surface area contributed by atoms with E-state index in [1.165, 1.54) is 16.7 Å². The zero-order valence-electron chi connectivity index (χ0n) is 13.6. The second kappa shape index (κ2) is 6.26. The number of aromatic nitrogens is 2. The third kappa shape index (κ3) is 2.55. The number of imidazole rings is 1. The Kier molecular flexibility index (Phi) is 3.95. The summed E-state index contributed by atoms with van der Waals surface area (Å²) in [5.74, 6) is 0.320. The molecule has 122 valence electrons. The highest BCUT2D eigenvalue weighted by Crippen LogP contribution is 2.42. The van der Waals surface area contributed by atoms with E-state index in [0.29, 0.717) is 5.92 Å². The maximum Gasteiger partial charge on any atom is 0.0956 e. The fraction of sp³-hybridized carbons (Fsp3) is 0.400. The van der Waals surface area contributed by atoms with Crippen molar-refractivity contribution >= 4 is 0 Å². The van der Waals surface area contributed by atoms with Crippen LogP contribution in [-0.4, -0.2) is 20.8 Å². The number of nitriles is 1. The first-order valence-electron chi connectivity index (χ1n) is 8.64. The van der Waals surface area contributed by atoms with Crippen molar-refractivity contribution in [2.75, 3.05) is 0 Å². The van der Waals surface area contributed by atoms with Gasteiger partial charge in [-0.3, -0.25) is 0 Å². The summed E-state index contributed by atoms with van der Waals surface area (Å²) < 4.78 is 2.19. The minimum atomic E-state index is -0.319. The van der Waals surface area contributed by atoms with E-state index in [2.05, 4.69) is 39.9 Å². The summed E-state index contributed by atoms with van der Waals surface area (Å²) in [5.41, 5.74) is 4.89. The molecule has 4 nitrogen and oxygen atoms in total. The van der Waals surface area contributed by atoms with E-state index in [1.807, 2.05) is 12.5 Å². The predicted octanol–water partition coefficient (Wildman–Crippen LogP) is 3.84. The Labute approximate surface area is 142 Å². The molecule has 1 saturated carbocycles. The van der Waals surface area contributed by atoms with Crippen LogP contribution in [-0.2, 0) is 0 Å². The van der Waals surface area contributed by atoms with E-state index in [-0.39, 0.29) is 12.1 Å². The zero-order valence-corrected chi connectivity index (χ0v) is 13.6. The van der Waals surface area contributed by atoms with Crippen molar-refractivity contribution in [1.29, 1.82) is 5.26 Å². The highest BCUT2D eigenvalue weighted by molar-refractivity contribution is 5.68. The molecule has 1 aliphatic heterocycles. The molecule has 2 heterocycles. The van der Waals surface area contributed by atoms with Gasteiger partial charge in [0.1, 0.15) is 0 Å². The molecule has 1 aromatic heterocycles. The average molecular weight is 319 g/mol. The Hall–Kier alpha value is -2.38. The molecule has 0 saturated heterocycles. The van der Waals surface area contributed by atoms with Gasteiger partial charge in [0.2, 0.25) is 0 Å². The molecular weight excluding hydrogens is 298 g/mol. The van der Waals surface area contributed by atoms with Crippen LogP contribution in [0.3, 0.4) is 0 Å². The smallest absolute Gasteiger partial charge is 0.0956 e. The lowest BCUT2D eigenvalue weighted by atomic mass is 9.80. The summed E-state index contributed by atoms with van der Waals surface area (Å²) in [6.07, 6.45) is 9.68. The minimum absolute atomic E-state index is 0.171. The van der Waals surface area contributed by atoms with Gasteiger partial charge < -0.3 is 9.67 Å². The molecule has 0 bridgehead atoms. The van der Waals surface area contributed by atoms with Crippen LogP contribution in [0.15, 0.2) is 48.4 Å². The summed E-state index contributed by atoms with van der Waals surface area (Å²) in [6, 6.07) is 10.7. The van der Waals surface area contributed by atoms with Crippen molar-refractivity contribution < 1.29 is 5.11 Å². The number of aliphatic hydroxyl groups is 1. The van der Waals surface area contributed by atoms with Crippen molar-refractivity contribution in [2.24, 2.45) is 5.92 Å². The van der Waals surface area contributed by atoms with Gasteiger partial charge in [-0.1, -0.05) is 29.8 Å². The van der Waals surface area contributed by atoms with Gasteiger partial charge in [-0.25, -0.2) is 4.98 Å². The number of benzene rings is 1. The molecule has 2 unspecified atom stereocenters. The fourth-order valence-electron chi connectivity index (χ4n) is 4.23. The van der Waals surface area contributed by atoms with E-state index >= 15 is 0 Å². The second-order valence-corrected chi connectivity index (χ2v) is 6.86. The van der Waals surface area contributed by atoms with Crippen LogP contribution in [0, 0.1) is 17.2 Å². The first-order valence-corrected chi connectivity index (χ1v) is 8.64. The van der Waals surface area contributed by atoms with E-state index in [0.717, 1.165) is 37.8 Å². The first kappa shape index (κ1) is 15.2. The maximum atomic E-state index is 10.8. The lowest BCUT2D eigenvalue weighted by Gasteiger charge is -2.30. The molecule has 24 heavy (non-hydrogen) atoms. The summed E-state index contributed by atoms with van der Waals surface area (Å²) in [5, 5.41) is 19.6. The third-order valence-corrected chi connectivity index (χ3v) is 5.55. The van der Waals surface area contributed by atoms with E-state index < -0.39 is 0 Å². The molecule has 4 rings (SSSR count). The highest BCUT2D eigenvalue weighted by atomic mass is 16.3. The minimum Gasteiger partial charge on any atom is -0.393 e. The Morgan fingerprint density at radius 3 is 2.92 bits per heavy atom. The van der Waals surface area contributed by atoms with Crippen LogP contribution >= 0.6 is 0 Å². The number of allylic oxidation sites excluding steroid dienone is 2. The zero-order chi connectivity index (χ0) is 16.5. The molecule has 4 heteroatoms. The monoisotopic (exact) mass is 319 g/mol. The molecule has 1 fully saturated rings. The summed E-state index contributed by atoms with van der Waals surface area (Å²) in [6.45, 7) is 0. The number of rotatable bonds is 3. The summed E-state index contributed by atoms with van der Waals surface area (Å²) in [7, 11) is 0. The molecule has 0 amide bonds. The first-order chi connectivity index (χ1) is 11.8. The van der Waals surface area contributed by atoms with E-state index in [9.17, 15) is 5.11 Å². The van der Waals surface area contributed by atoms with E-state index in [4.69, 9.17) is 5.26 Å². The Morgan fingerprint density at radius 2 is 2.12 bits per heavy atom. The number of hydrogen-bond donors (Lipinski definition) is 1. The summed E-state index contributed by atoms with van der Waals surface area (Å²) >= 11 is 0. The lowest BCUT2D eigenvalue weighted by Crippen LogP contribution is -2.26. The second-order valence-electron chi connectivity index (χ2n) is 6.86. The Bertz CT molecular complexity index is 804. The molecule has 1 N–H and O–H groups in total. The number of fused-ring (bicyclic) bond motifs is 3. The van der Waals surface area contributed by atoms with Crippen molar-refractivity contribution in [3.63, 3.8) is 0 Å². The quantitative estimate of drug-likeness (QED) is 0.874. The van der Waals surface area contributed by atoms with Crippen LogP contribution in [0.4, 0.5) is 0 Å². The number of hydrogen-bond acceptors (Lipinski definition) is 3. The average Bonchev–Trinajstić information content (AvgIpc) is 3.19. The number of aliphatic hydroxyl groups excluding tert-OH is 1. The molecule has 0 radical (unpaired) electrons. The highest BCUT2D eigenvalue weighted by Gasteiger charge is 2.32. The molecule has 2 aromatic rings. The Balaban J connectivity index is 1.50. The topological polar surface area (TPSA) is 61.8 Å². The largest absolute Gasteiger partial charge is 0.393 e. The fourth-order valence-corrected chi connectivity index (χ4v) is 4.23. The van der Waals surface area contributed by atoms with Crippen molar-refractivity contribution in [3.8, 4) is 17.3 Å². The van der Waals surface area contributed by atoms with Gasteiger partial charge in [-0.05, 0) is 43.6 Å². The van der Waals surface area contributed by atoms with E-state index in [1.54, 1.807) is 6.08 Å². The van der Waals surface area contributed by atoms with Crippen LogP contribution in [0.2, 0.25) is 0 Å². The van der Waals surface area contributed by atoms with Gasteiger partial charge in [0.05, 0.1) is 36.4 Å².